The van der Waals surface area contributed by atoms with Crippen LogP contribution in [0.15, 0.2) is 33.3 Å². The molecule has 142 valence electrons. The van der Waals surface area contributed by atoms with Gasteiger partial charge >= 0.3 is 5.97 Å². The summed E-state index contributed by atoms with van der Waals surface area (Å²) in [6.45, 7) is 3.79. The Bertz CT molecular complexity index is 962. The third-order valence-electron chi connectivity index (χ3n) is 3.51. The van der Waals surface area contributed by atoms with Crippen LogP contribution in [0.25, 0.3) is 11.4 Å². The number of aromatic nitrogens is 3. The van der Waals surface area contributed by atoms with Crippen molar-refractivity contribution in [2.75, 3.05) is 23.5 Å². The molecule has 0 atom stereocenters. The molecule has 3 aromatic heterocycles. The number of aryl methyl sites for hydroxylation is 1. The van der Waals surface area contributed by atoms with Gasteiger partial charge in [0.25, 0.3) is 0 Å². The van der Waals surface area contributed by atoms with E-state index in [0.717, 1.165) is 17.3 Å². The second-order valence-corrected chi connectivity index (χ2v) is 7.15. The van der Waals surface area contributed by atoms with Crippen molar-refractivity contribution >= 4 is 40.0 Å². The van der Waals surface area contributed by atoms with Crippen LogP contribution in [0.3, 0.4) is 0 Å². The minimum Gasteiger partial charge on any atom is -0.469 e. The van der Waals surface area contributed by atoms with Gasteiger partial charge in [0.1, 0.15) is 10.8 Å². The summed E-state index contributed by atoms with van der Waals surface area (Å²) in [6.07, 6.45) is 1.54. The number of thiophene rings is 1. The van der Waals surface area contributed by atoms with Crippen LogP contribution in [0.1, 0.15) is 23.0 Å². The number of nitrogens with two attached hydrogens (primary N) is 1. The first-order valence-electron chi connectivity index (χ1n) is 7.93. The zero-order valence-corrected chi connectivity index (χ0v) is 16.2. The number of nitrogens with one attached hydrogen (secondary N) is 1. The summed E-state index contributed by atoms with van der Waals surface area (Å²) >= 11 is 2.39. The van der Waals surface area contributed by atoms with E-state index < -0.39 is 5.97 Å². The summed E-state index contributed by atoms with van der Waals surface area (Å²) in [5.74, 6) is 6.44. The maximum absolute atomic E-state index is 12.2. The summed E-state index contributed by atoms with van der Waals surface area (Å²) in [7, 11) is 0. The first kappa shape index (κ1) is 19.0. The summed E-state index contributed by atoms with van der Waals surface area (Å²) < 4.78 is 11.5. The molecular weight excluding hydrogens is 390 g/mol. The van der Waals surface area contributed by atoms with Gasteiger partial charge in [0, 0.05) is 0 Å². The van der Waals surface area contributed by atoms with E-state index in [0.29, 0.717) is 27.3 Å². The average Bonchev–Trinajstić information content (AvgIpc) is 3.34. The van der Waals surface area contributed by atoms with Crippen LogP contribution in [-0.4, -0.2) is 39.1 Å². The van der Waals surface area contributed by atoms with Crippen LogP contribution in [-0.2, 0) is 9.53 Å². The van der Waals surface area contributed by atoms with E-state index in [1.54, 1.807) is 37.6 Å². The van der Waals surface area contributed by atoms with Gasteiger partial charge < -0.3 is 20.3 Å². The fraction of sp³-hybridized carbons (Fsp3) is 0.250. The molecule has 0 fully saturated rings. The van der Waals surface area contributed by atoms with E-state index in [9.17, 15) is 9.59 Å². The van der Waals surface area contributed by atoms with E-state index in [2.05, 4.69) is 15.5 Å². The number of anilines is 1. The fourth-order valence-electron chi connectivity index (χ4n) is 2.24. The number of thioether (sulfide) groups is 1. The molecule has 0 aliphatic carbocycles. The standard InChI is InChI=1S/C16H17N5O4S2/c1-3-24-15(23)11-5-7-26-14(11)18-12(22)8-27-16-20-19-13(21(16)17)10-4-6-25-9(10)2/h4-7H,3,8,17H2,1-2H3,(H,18,22). The quantitative estimate of drug-likeness (QED) is 0.348. The molecule has 0 unspecified atom stereocenters. The number of rotatable bonds is 7. The summed E-state index contributed by atoms with van der Waals surface area (Å²) in [4.78, 5) is 24.1. The van der Waals surface area contributed by atoms with Crippen LogP contribution < -0.4 is 11.2 Å². The lowest BCUT2D eigenvalue weighted by Crippen LogP contribution is -2.17. The van der Waals surface area contributed by atoms with Crippen LogP contribution in [0.2, 0.25) is 0 Å². The molecule has 27 heavy (non-hydrogen) atoms. The number of hydrogen-bond acceptors (Lipinski definition) is 9. The minimum atomic E-state index is -0.469. The lowest BCUT2D eigenvalue weighted by molar-refractivity contribution is -0.113. The Balaban J connectivity index is 1.62. The lowest BCUT2D eigenvalue weighted by atomic mass is 10.2. The number of amides is 1. The van der Waals surface area contributed by atoms with E-state index in [4.69, 9.17) is 15.0 Å². The Morgan fingerprint density at radius 2 is 2.22 bits per heavy atom. The second kappa shape index (κ2) is 8.27. The molecule has 0 bridgehead atoms. The van der Waals surface area contributed by atoms with E-state index in [1.165, 1.54) is 16.0 Å². The Kier molecular flexibility index (Phi) is 5.81. The van der Waals surface area contributed by atoms with Gasteiger partial charge in [-0.05, 0) is 31.4 Å². The molecule has 0 saturated carbocycles. The van der Waals surface area contributed by atoms with Crippen molar-refractivity contribution < 1.29 is 18.7 Å². The molecule has 11 heteroatoms. The van der Waals surface area contributed by atoms with Gasteiger partial charge in [0.15, 0.2) is 5.82 Å². The maximum atomic E-state index is 12.2. The molecule has 3 N–H and O–H groups in total. The first-order chi connectivity index (χ1) is 13.0. The maximum Gasteiger partial charge on any atom is 0.341 e. The van der Waals surface area contributed by atoms with Crippen LogP contribution in [0.5, 0.6) is 0 Å². The van der Waals surface area contributed by atoms with Gasteiger partial charge in [-0.15, -0.1) is 21.5 Å². The van der Waals surface area contributed by atoms with Gasteiger partial charge in [-0.1, -0.05) is 11.8 Å². The van der Waals surface area contributed by atoms with E-state index >= 15 is 0 Å². The zero-order valence-electron chi connectivity index (χ0n) is 14.6. The van der Waals surface area contributed by atoms with Crippen molar-refractivity contribution in [2.24, 2.45) is 0 Å². The van der Waals surface area contributed by atoms with E-state index in [1.807, 2.05) is 0 Å². The Morgan fingerprint density at radius 3 is 2.93 bits per heavy atom. The number of carbonyl (C=O) groups excluding carboxylic acids is 2. The molecule has 0 aliphatic heterocycles. The van der Waals surface area contributed by atoms with Crippen molar-refractivity contribution in [3.63, 3.8) is 0 Å². The second-order valence-electron chi connectivity index (χ2n) is 5.29. The third-order valence-corrected chi connectivity index (χ3v) is 5.28. The molecule has 0 spiro atoms. The zero-order chi connectivity index (χ0) is 19.4. The predicted molar refractivity (Wildman–Crippen MR) is 102 cm³/mol. The molecule has 0 aromatic carbocycles. The number of nitrogens with zero attached hydrogens (tertiary/aromatic N) is 3. The van der Waals surface area contributed by atoms with Gasteiger partial charge in [0.2, 0.25) is 11.1 Å². The summed E-state index contributed by atoms with van der Waals surface area (Å²) in [5.41, 5.74) is 1.07. The number of hydrogen-bond donors (Lipinski definition) is 2. The van der Waals surface area contributed by atoms with Crippen molar-refractivity contribution in [1.29, 1.82) is 0 Å². The molecule has 3 aromatic rings. The van der Waals surface area contributed by atoms with Crippen molar-refractivity contribution in [2.45, 2.75) is 19.0 Å². The Morgan fingerprint density at radius 1 is 1.41 bits per heavy atom. The summed E-state index contributed by atoms with van der Waals surface area (Å²) in [5, 5.41) is 13.3. The van der Waals surface area contributed by atoms with Crippen molar-refractivity contribution in [1.82, 2.24) is 14.9 Å². The fourth-order valence-corrected chi connectivity index (χ4v) is 3.69. The van der Waals surface area contributed by atoms with Crippen LogP contribution in [0.4, 0.5) is 5.00 Å². The highest BCUT2D eigenvalue weighted by molar-refractivity contribution is 7.99. The molecule has 3 heterocycles. The van der Waals surface area contributed by atoms with Crippen molar-refractivity contribution in [3.05, 3.63) is 35.1 Å². The van der Waals surface area contributed by atoms with Gasteiger partial charge in [-0.3, -0.25) is 4.79 Å². The van der Waals surface area contributed by atoms with Crippen LogP contribution >= 0.6 is 23.1 Å². The number of carbonyl (C=O) groups is 2. The Labute approximate surface area is 162 Å². The molecule has 9 nitrogen and oxygen atoms in total. The Hall–Kier alpha value is -2.79. The third kappa shape index (κ3) is 4.14. The number of ether oxygens (including phenoxy) is 1. The van der Waals surface area contributed by atoms with Gasteiger partial charge in [0.05, 0.1) is 29.7 Å². The topological polar surface area (TPSA) is 125 Å². The summed E-state index contributed by atoms with van der Waals surface area (Å²) in [6, 6.07) is 3.36. The molecule has 0 aliphatic rings. The highest BCUT2D eigenvalue weighted by Crippen LogP contribution is 2.26. The molecule has 1 amide bonds. The SMILES string of the molecule is CCOC(=O)c1ccsc1NC(=O)CSc1nnc(-c2ccoc2C)n1N. The number of esters is 1. The van der Waals surface area contributed by atoms with Gasteiger partial charge in [-0.25, -0.2) is 9.47 Å². The predicted octanol–water partition coefficient (Wildman–Crippen LogP) is 2.53. The number of furan rings is 1. The van der Waals surface area contributed by atoms with Crippen molar-refractivity contribution in [3.8, 4) is 11.4 Å². The molecule has 0 radical (unpaired) electrons. The largest absolute Gasteiger partial charge is 0.469 e. The highest BCUT2D eigenvalue weighted by Gasteiger charge is 2.19. The van der Waals surface area contributed by atoms with Crippen LogP contribution in [0, 0.1) is 6.92 Å². The highest BCUT2D eigenvalue weighted by atomic mass is 32.2. The average molecular weight is 407 g/mol. The minimum absolute atomic E-state index is 0.0554. The normalized spacial score (nSPS) is 10.7. The molecule has 3 rings (SSSR count). The molecule has 0 saturated heterocycles. The van der Waals surface area contributed by atoms with Gasteiger partial charge in [-0.2, -0.15) is 0 Å². The van der Waals surface area contributed by atoms with E-state index in [-0.39, 0.29) is 18.3 Å². The number of nitrogen functional groups attached to an aromatic ring is 1. The molecular formula is C16H17N5O4S2. The monoisotopic (exact) mass is 407 g/mol. The lowest BCUT2D eigenvalue weighted by Gasteiger charge is -2.06. The first-order valence-corrected chi connectivity index (χ1v) is 9.80. The smallest absolute Gasteiger partial charge is 0.341 e.